The Labute approximate surface area is 116 Å². The van der Waals surface area contributed by atoms with Crippen molar-refractivity contribution in [3.63, 3.8) is 0 Å². The van der Waals surface area contributed by atoms with Gasteiger partial charge in [-0.3, -0.25) is 4.90 Å². The van der Waals surface area contributed by atoms with Crippen LogP contribution in [0.15, 0.2) is 18.2 Å². The van der Waals surface area contributed by atoms with E-state index in [9.17, 15) is 13.2 Å². The number of benzene rings is 1. The van der Waals surface area contributed by atoms with Crippen LogP contribution in [0.1, 0.15) is 18.4 Å². The Kier molecular flexibility index (Phi) is 4.42. The average Bonchev–Trinajstić information content (AvgIpc) is 2.38. The molecule has 0 bridgehead atoms. The third-order valence-electron chi connectivity index (χ3n) is 3.75. The third-order valence-corrected chi connectivity index (χ3v) is 3.75. The maximum absolute atomic E-state index is 12.6. The van der Waals surface area contributed by atoms with Crippen LogP contribution >= 0.6 is 0 Å². The molecule has 2 N–H and O–H groups in total. The van der Waals surface area contributed by atoms with Crippen molar-refractivity contribution in [3.05, 3.63) is 23.8 Å². The molecule has 0 aliphatic carbocycles. The summed E-state index contributed by atoms with van der Waals surface area (Å²) in [6, 6.07) is 5.35. The second kappa shape index (κ2) is 5.91. The van der Waals surface area contributed by atoms with Crippen LogP contribution in [0, 0.1) is 5.92 Å². The molecule has 0 unspecified atom stereocenters. The highest BCUT2D eigenvalue weighted by Crippen LogP contribution is 2.35. The van der Waals surface area contributed by atoms with E-state index < -0.39 is 12.1 Å². The molecule has 0 radical (unpaired) electrons. The minimum Gasteiger partial charge on any atom is -0.496 e. The van der Waals surface area contributed by atoms with Crippen molar-refractivity contribution in [1.82, 2.24) is 4.90 Å². The zero-order chi connectivity index (χ0) is 14.8. The van der Waals surface area contributed by atoms with Gasteiger partial charge in [-0.25, -0.2) is 0 Å². The van der Waals surface area contributed by atoms with E-state index in [1.165, 1.54) is 0 Å². The number of hydrogen-bond donors (Lipinski definition) is 1. The van der Waals surface area contributed by atoms with Crippen molar-refractivity contribution in [1.29, 1.82) is 0 Å². The van der Waals surface area contributed by atoms with E-state index in [4.69, 9.17) is 10.5 Å². The molecule has 0 saturated carbocycles. The van der Waals surface area contributed by atoms with Crippen LogP contribution in [-0.4, -0.2) is 31.3 Å². The van der Waals surface area contributed by atoms with Crippen molar-refractivity contribution in [2.45, 2.75) is 25.6 Å². The Hall–Kier alpha value is -1.43. The summed E-state index contributed by atoms with van der Waals surface area (Å²) < 4.78 is 43.1. The molecular formula is C14H19F3N2O. The highest BCUT2D eigenvalue weighted by molar-refractivity contribution is 5.47. The molecule has 1 aliphatic rings. The van der Waals surface area contributed by atoms with Gasteiger partial charge in [-0.1, -0.05) is 0 Å². The molecule has 1 aromatic rings. The summed E-state index contributed by atoms with van der Waals surface area (Å²) in [5.41, 5.74) is 7.29. The minimum absolute atomic E-state index is 0.161. The largest absolute Gasteiger partial charge is 0.496 e. The molecule has 1 fully saturated rings. The molecule has 1 aliphatic heterocycles. The van der Waals surface area contributed by atoms with Gasteiger partial charge >= 0.3 is 6.18 Å². The smallest absolute Gasteiger partial charge is 0.391 e. The van der Waals surface area contributed by atoms with Crippen molar-refractivity contribution in [3.8, 4) is 5.75 Å². The first-order chi connectivity index (χ1) is 9.40. The Morgan fingerprint density at radius 3 is 2.50 bits per heavy atom. The van der Waals surface area contributed by atoms with E-state index in [0.717, 1.165) is 11.3 Å². The van der Waals surface area contributed by atoms with Gasteiger partial charge < -0.3 is 10.5 Å². The lowest BCUT2D eigenvalue weighted by Crippen LogP contribution is -2.38. The molecule has 112 valence electrons. The second-order valence-corrected chi connectivity index (χ2v) is 5.16. The standard InChI is InChI=1S/C14H19F3N2O/c1-20-13-3-2-12(18)8-10(13)9-19-6-4-11(5-7-19)14(15,16)17/h2-3,8,11H,4-7,9,18H2,1H3. The predicted molar refractivity (Wildman–Crippen MR) is 71.5 cm³/mol. The van der Waals surface area contributed by atoms with Crippen LogP contribution in [-0.2, 0) is 6.54 Å². The van der Waals surface area contributed by atoms with Crippen LogP contribution < -0.4 is 10.5 Å². The average molecular weight is 288 g/mol. The fourth-order valence-corrected chi connectivity index (χ4v) is 2.58. The number of nitrogen functional groups attached to an aromatic ring is 1. The van der Waals surface area contributed by atoms with Crippen LogP contribution in [0.5, 0.6) is 5.75 Å². The summed E-state index contributed by atoms with van der Waals surface area (Å²) in [6.45, 7) is 1.46. The molecule has 0 atom stereocenters. The number of anilines is 1. The van der Waals surface area contributed by atoms with Crippen molar-refractivity contribution in [2.24, 2.45) is 5.92 Å². The van der Waals surface area contributed by atoms with Crippen LogP contribution in [0.3, 0.4) is 0 Å². The highest BCUT2D eigenvalue weighted by atomic mass is 19.4. The Morgan fingerprint density at radius 2 is 1.95 bits per heavy atom. The molecule has 0 amide bonds. The number of methoxy groups -OCH3 is 1. The van der Waals surface area contributed by atoms with E-state index in [0.29, 0.717) is 25.3 Å². The quantitative estimate of drug-likeness (QED) is 0.869. The third kappa shape index (κ3) is 3.56. The summed E-state index contributed by atoms with van der Waals surface area (Å²) in [4.78, 5) is 2.01. The van der Waals surface area contributed by atoms with Gasteiger partial charge in [-0.05, 0) is 44.1 Å². The first kappa shape index (κ1) is 15.0. The molecule has 1 aromatic carbocycles. The van der Waals surface area contributed by atoms with Gasteiger partial charge in [0.05, 0.1) is 13.0 Å². The number of alkyl halides is 3. The van der Waals surface area contributed by atoms with E-state index in [1.54, 1.807) is 19.2 Å². The van der Waals surface area contributed by atoms with E-state index >= 15 is 0 Å². The van der Waals surface area contributed by atoms with Gasteiger partial charge in [0.2, 0.25) is 0 Å². The summed E-state index contributed by atoms with van der Waals surface area (Å²) in [7, 11) is 1.57. The SMILES string of the molecule is COc1ccc(N)cc1CN1CCC(C(F)(F)F)CC1. The lowest BCUT2D eigenvalue weighted by Gasteiger charge is -2.33. The van der Waals surface area contributed by atoms with Gasteiger partial charge in [0.15, 0.2) is 0 Å². The molecule has 2 rings (SSSR count). The molecule has 1 saturated heterocycles. The van der Waals surface area contributed by atoms with E-state index in [1.807, 2.05) is 11.0 Å². The predicted octanol–water partition coefficient (Wildman–Crippen LogP) is 3.05. The molecule has 0 spiro atoms. The van der Waals surface area contributed by atoms with Crippen LogP contribution in [0.2, 0.25) is 0 Å². The number of halogens is 3. The first-order valence-corrected chi connectivity index (χ1v) is 6.61. The van der Waals surface area contributed by atoms with E-state index in [-0.39, 0.29) is 12.8 Å². The lowest BCUT2D eigenvalue weighted by molar-refractivity contribution is -0.185. The van der Waals surface area contributed by atoms with Gasteiger partial charge in [0.1, 0.15) is 5.75 Å². The zero-order valence-corrected chi connectivity index (χ0v) is 11.4. The zero-order valence-electron chi connectivity index (χ0n) is 11.4. The van der Waals surface area contributed by atoms with Crippen LogP contribution in [0.4, 0.5) is 18.9 Å². The van der Waals surface area contributed by atoms with E-state index in [2.05, 4.69) is 0 Å². The van der Waals surface area contributed by atoms with Gasteiger partial charge in [0.25, 0.3) is 0 Å². The van der Waals surface area contributed by atoms with Crippen LogP contribution in [0.25, 0.3) is 0 Å². The summed E-state index contributed by atoms with van der Waals surface area (Å²) >= 11 is 0. The van der Waals surface area contributed by atoms with Gasteiger partial charge in [0, 0.05) is 17.8 Å². The van der Waals surface area contributed by atoms with Crippen molar-refractivity contribution < 1.29 is 17.9 Å². The van der Waals surface area contributed by atoms with Gasteiger partial charge in [-0.15, -0.1) is 0 Å². The maximum Gasteiger partial charge on any atom is 0.391 e. The maximum atomic E-state index is 12.6. The highest BCUT2D eigenvalue weighted by Gasteiger charge is 2.40. The Morgan fingerprint density at radius 1 is 1.30 bits per heavy atom. The molecule has 0 aromatic heterocycles. The number of ether oxygens (including phenoxy) is 1. The normalized spacial score (nSPS) is 18.2. The molecule has 20 heavy (non-hydrogen) atoms. The molecule has 1 heterocycles. The Bertz CT molecular complexity index is 454. The number of piperidine rings is 1. The Balaban J connectivity index is 1.97. The number of likely N-dealkylation sites (tertiary alicyclic amines) is 1. The molecule has 3 nitrogen and oxygen atoms in total. The summed E-state index contributed by atoms with van der Waals surface area (Å²) in [5.74, 6) is -0.446. The fraction of sp³-hybridized carbons (Fsp3) is 0.571. The fourth-order valence-electron chi connectivity index (χ4n) is 2.58. The number of rotatable bonds is 3. The minimum atomic E-state index is -4.07. The number of nitrogens with two attached hydrogens (primary N) is 1. The first-order valence-electron chi connectivity index (χ1n) is 6.61. The summed E-state index contributed by atoms with van der Waals surface area (Å²) in [5, 5.41) is 0. The summed E-state index contributed by atoms with van der Waals surface area (Å²) in [6.07, 6.45) is -3.75. The second-order valence-electron chi connectivity index (χ2n) is 5.16. The molecular weight excluding hydrogens is 269 g/mol. The molecule has 6 heteroatoms. The van der Waals surface area contributed by atoms with Crippen molar-refractivity contribution >= 4 is 5.69 Å². The number of hydrogen-bond acceptors (Lipinski definition) is 3. The topological polar surface area (TPSA) is 38.5 Å². The number of nitrogens with zero attached hydrogens (tertiary/aromatic N) is 1. The van der Waals surface area contributed by atoms with Gasteiger partial charge in [-0.2, -0.15) is 13.2 Å². The lowest BCUT2D eigenvalue weighted by atomic mass is 9.96. The monoisotopic (exact) mass is 288 g/mol. The van der Waals surface area contributed by atoms with Crippen molar-refractivity contribution in [2.75, 3.05) is 25.9 Å².